The van der Waals surface area contributed by atoms with Gasteiger partial charge in [-0.1, -0.05) is 5.21 Å². The second-order valence-corrected chi connectivity index (χ2v) is 8.04. The summed E-state index contributed by atoms with van der Waals surface area (Å²) in [5.74, 6) is -2.25. The van der Waals surface area contributed by atoms with E-state index in [1.165, 1.54) is 25.9 Å². The first-order valence-corrected chi connectivity index (χ1v) is 10.5. The lowest BCUT2D eigenvalue weighted by molar-refractivity contribution is -0.192. The van der Waals surface area contributed by atoms with Gasteiger partial charge in [0.1, 0.15) is 11.7 Å². The second kappa shape index (κ2) is 9.94. The molecule has 1 N–H and O–H groups in total. The minimum absolute atomic E-state index is 0.0749. The van der Waals surface area contributed by atoms with Gasteiger partial charge in [0.05, 0.1) is 18.9 Å². The summed E-state index contributed by atoms with van der Waals surface area (Å²) in [4.78, 5) is 26.0. The molecular formula is C19H28F3N5O4. The van der Waals surface area contributed by atoms with Crippen LogP contribution in [0.3, 0.4) is 0 Å². The van der Waals surface area contributed by atoms with Gasteiger partial charge in [-0.25, -0.2) is 4.79 Å². The highest BCUT2D eigenvalue weighted by molar-refractivity contribution is 5.81. The average molecular weight is 447 g/mol. The molecule has 1 aliphatic carbocycles. The Labute approximate surface area is 178 Å². The van der Waals surface area contributed by atoms with Crippen molar-refractivity contribution in [2.24, 2.45) is 13.0 Å². The fraction of sp³-hybridized carbons (Fsp3) is 0.789. The zero-order valence-corrected chi connectivity index (χ0v) is 17.5. The summed E-state index contributed by atoms with van der Waals surface area (Å²) in [6.07, 6.45) is 0.419. The van der Waals surface area contributed by atoms with Crippen LogP contribution in [0.15, 0.2) is 0 Å². The number of carboxylic acids is 1. The van der Waals surface area contributed by atoms with Gasteiger partial charge >= 0.3 is 12.1 Å². The molecule has 0 radical (unpaired) electrons. The number of carbonyl (C=O) groups excluding carboxylic acids is 1. The SMILES string of the molecule is Cn1nnc2c1CCN(C(=O)C1CC1)C2COCCN1CCCC1.O=C(O)C(F)(F)F. The van der Waals surface area contributed by atoms with Gasteiger partial charge in [0.25, 0.3) is 0 Å². The predicted octanol–water partition coefficient (Wildman–Crippen LogP) is 1.40. The number of nitrogens with zero attached hydrogens (tertiary/aromatic N) is 5. The van der Waals surface area contributed by atoms with Crippen LogP contribution in [0.1, 0.15) is 43.1 Å². The minimum Gasteiger partial charge on any atom is -0.475 e. The predicted molar refractivity (Wildman–Crippen MR) is 102 cm³/mol. The number of aryl methyl sites for hydroxylation is 1. The van der Waals surface area contributed by atoms with E-state index in [-0.39, 0.29) is 17.9 Å². The maximum absolute atomic E-state index is 12.6. The number of hydrogen-bond acceptors (Lipinski definition) is 6. The Morgan fingerprint density at radius 3 is 2.42 bits per heavy atom. The molecule has 2 fully saturated rings. The molecule has 9 nitrogen and oxygen atoms in total. The molecule has 1 aromatic heterocycles. The molecule has 3 aliphatic rings. The topological polar surface area (TPSA) is 101 Å². The van der Waals surface area contributed by atoms with E-state index in [1.807, 2.05) is 16.6 Å². The highest BCUT2D eigenvalue weighted by atomic mass is 19.4. The van der Waals surface area contributed by atoms with Crippen molar-refractivity contribution in [2.75, 3.05) is 39.4 Å². The van der Waals surface area contributed by atoms with E-state index < -0.39 is 12.1 Å². The molecule has 1 aromatic rings. The Bertz CT molecular complexity index is 775. The Morgan fingerprint density at radius 2 is 1.84 bits per heavy atom. The fourth-order valence-corrected chi connectivity index (χ4v) is 3.86. The first-order chi connectivity index (χ1) is 14.7. The number of hydrogen-bond donors (Lipinski definition) is 1. The molecule has 0 aromatic carbocycles. The van der Waals surface area contributed by atoms with E-state index in [0.717, 1.165) is 50.3 Å². The number of halogens is 3. The van der Waals surface area contributed by atoms with Crippen LogP contribution >= 0.6 is 0 Å². The van der Waals surface area contributed by atoms with Crippen LogP contribution in [0.5, 0.6) is 0 Å². The zero-order valence-electron chi connectivity index (χ0n) is 17.5. The third-order valence-corrected chi connectivity index (χ3v) is 5.73. The summed E-state index contributed by atoms with van der Waals surface area (Å²) < 4.78 is 39.5. The quantitative estimate of drug-likeness (QED) is 0.658. The summed E-state index contributed by atoms with van der Waals surface area (Å²) in [6.45, 7) is 5.36. The number of aromatic nitrogens is 3. The molecule has 1 amide bonds. The molecule has 0 bridgehead atoms. The smallest absolute Gasteiger partial charge is 0.475 e. The number of alkyl halides is 3. The first-order valence-electron chi connectivity index (χ1n) is 10.5. The van der Waals surface area contributed by atoms with Crippen molar-refractivity contribution in [3.05, 3.63) is 11.4 Å². The van der Waals surface area contributed by atoms with E-state index >= 15 is 0 Å². The van der Waals surface area contributed by atoms with Crippen molar-refractivity contribution < 1.29 is 32.6 Å². The van der Waals surface area contributed by atoms with E-state index in [2.05, 4.69) is 15.2 Å². The van der Waals surface area contributed by atoms with Crippen LogP contribution in [-0.4, -0.2) is 87.3 Å². The van der Waals surface area contributed by atoms with Gasteiger partial charge < -0.3 is 19.6 Å². The summed E-state index contributed by atoms with van der Waals surface area (Å²) in [7, 11) is 1.93. The number of likely N-dealkylation sites (tertiary alicyclic amines) is 1. The van der Waals surface area contributed by atoms with Crippen molar-refractivity contribution in [2.45, 2.75) is 44.3 Å². The second-order valence-electron chi connectivity index (χ2n) is 8.04. The third-order valence-electron chi connectivity index (χ3n) is 5.73. The molecule has 3 heterocycles. The normalized spacial score (nSPS) is 21.4. The maximum Gasteiger partial charge on any atom is 0.490 e. The molecule has 12 heteroatoms. The molecule has 2 aliphatic heterocycles. The number of ether oxygens (including phenoxy) is 1. The van der Waals surface area contributed by atoms with Crippen molar-refractivity contribution in [3.63, 3.8) is 0 Å². The Kier molecular flexibility index (Phi) is 7.52. The van der Waals surface area contributed by atoms with E-state index in [9.17, 15) is 18.0 Å². The summed E-state index contributed by atoms with van der Waals surface area (Å²) in [5, 5.41) is 15.6. The molecule has 174 valence electrons. The van der Waals surface area contributed by atoms with Crippen molar-refractivity contribution in [3.8, 4) is 0 Å². The van der Waals surface area contributed by atoms with Crippen molar-refractivity contribution in [1.29, 1.82) is 0 Å². The molecule has 1 atom stereocenters. The van der Waals surface area contributed by atoms with Crippen molar-refractivity contribution >= 4 is 11.9 Å². The average Bonchev–Trinajstić information content (AvgIpc) is 3.31. The van der Waals surface area contributed by atoms with Crippen LogP contribution in [0.4, 0.5) is 13.2 Å². The largest absolute Gasteiger partial charge is 0.490 e. The van der Waals surface area contributed by atoms with Gasteiger partial charge in [-0.05, 0) is 38.8 Å². The Balaban J connectivity index is 0.000000339. The number of carboxylic acid groups (broad SMARTS) is 1. The van der Waals surface area contributed by atoms with Gasteiger partial charge in [-0.3, -0.25) is 9.48 Å². The molecular weight excluding hydrogens is 419 g/mol. The molecule has 1 saturated heterocycles. The molecule has 31 heavy (non-hydrogen) atoms. The van der Waals surface area contributed by atoms with E-state index in [4.69, 9.17) is 14.6 Å². The third kappa shape index (κ3) is 6.16. The lowest BCUT2D eigenvalue weighted by Gasteiger charge is -2.35. The van der Waals surface area contributed by atoms with Crippen LogP contribution in [0.25, 0.3) is 0 Å². The number of fused-ring (bicyclic) bond motifs is 1. The molecule has 0 spiro atoms. The van der Waals surface area contributed by atoms with Crippen molar-refractivity contribution in [1.82, 2.24) is 24.8 Å². The molecule has 1 saturated carbocycles. The zero-order chi connectivity index (χ0) is 22.6. The van der Waals surface area contributed by atoms with E-state index in [1.54, 1.807) is 0 Å². The lowest BCUT2D eigenvalue weighted by atomic mass is 10.0. The summed E-state index contributed by atoms with van der Waals surface area (Å²) in [6, 6.07) is -0.0749. The van der Waals surface area contributed by atoms with Gasteiger partial charge in [-0.15, -0.1) is 5.10 Å². The van der Waals surface area contributed by atoms with Gasteiger partial charge in [0.2, 0.25) is 5.91 Å². The number of aliphatic carboxylic acids is 1. The van der Waals surface area contributed by atoms with Gasteiger partial charge in [-0.2, -0.15) is 13.2 Å². The Hall–Kier alpha value is -2.21. The minimum atomic E-state index is -5.08. The maximum atomic E-state index is 12.6. The summed E-state index contributed by atoms with van der Waals surface area (Å²) >= 11 is 0. The van der Waals surface area contributed by atoms with Crippen LogP contribution in [0.2, 0.25) is 0 Å². The molecule has 1 unspecified atom stereocenters. The Morgan fingerprint density at radius 1 is 1.19 bits per heavy atom. The number of carbonyl (C=O) groups is 2. The highest BCUT2D eigenvalue weighted by Crippen LogP contribution is 2.36. The monoisotopic (exact) mass is 447 g/mol. The van der Waals surface area contributed by atoms with Crippen LogP contribution in [0, 0.1) is 5.92 Å². The van der Waals surface area contributed by atoms with Gasteiger partial charge in [0, 0.05) is 32.5 Å². The van der Waals surface area contributed by atoms with Crippen LogP contribution in [-0.2, 0) is 27.8 Å². The standard InChI is InChI=1S/C17H27N5O2.C2HF3O2/c1-20-14-6-9-22(17(23)13-4-5-13)15(16(14)18-19-20)12-24-11-10-21-7-2-3-8-21;3-2(4,5)1(6)7/h13,15H,2-12H2,1H3;(H,6,7). The fourth-order valence-electron chi connectivity index (χ4n) is 3.86. The van der Waals surface area contributed by atoms with Crippen LogP contribution < -0.4 is 0 Å². The number of amides is 1. The first kappa shape index (κ1) is 23.5. The van der Waals surface area contributed by atoms with E-state index in [0.29, 0.717) is 6.61 Å². The molecule has 4 rings (SSSR count). The lowest BCUT2D eigenvalue weighted by Crippen LogP contribution is -2.43. The highest BCUT2D eigenvalue weighted by Gasteiger charge is 2.41. The summed E-state index contributed by atoms with van der Waals surface area (Å²) in [5.41, 5.74) is 2.07. The van der Waals surface area contributed by atoms with Gasteiger partial charge in [0.15, 0.2) is 0 Å². The number of rotatable bonds is 6.